The van der Waals surface area contributed by atoms with Gasteiger partial charge in [0, 0.05) is 36.8 Å². The molecule has 4 nitrogen and oxygen atoms in total. The number of hydrogen-bond acceptors (Lipinski definition) is 3. The maximum absolute atomic E-state index is 12.9. The zero-order chi connectivity index (χ0) is 18.1. The van der Waals surface area contributed by atoms with Crippen LogP contribution in [0.3, 0.4) is 0 Å². The van der Waals surface area contributed by atoms with Gasteiger partial charge in [-0.25, -0.2) is 0 Å². The van der Waals surface area contributed by atoms with Gasteiger partial charge >= 0.3 is 0 Å². The molecule has 1 aromatic carbocycles. The van der Waals surface area contributed by atoms with Crippen LogP contribution in [0, 0.1) is 12.8 Å². The summed E-state index contributed by atoms with van der Waals surface area (Å²) in [5.41, 5.74) is 2.20. The normalized spacial score (nSPS) is 25.8. The smallest absolute Gasteiger partial charge is 0.254 e. The summed E-state index contributed by atoms with van der Waals surface area (Å²) in [7, 11) is 2.27. The number of ether oxygens (including phenoxy) is 1. The number of hydrogen-bond donors (Lipinski definition) is 0. The van der Waals surface area contributed by atoms with Crippen molar-refractivity contribution in [1.29, 1.82) is 0 Å². The van der Waals surface area contributed by atoms with Gasteiger partial charge in [0.2, 0.25) is 0 Å². The molecule has 142 valence electrons. The van der Waals surface area contributed by atoms with E-state index in [1.165, 1.54) is 25.7 Å². The van der Waals surface area contributed by atoms with Gasteiger partial charge in [-0.1, -0.05) is 18.2 Å². The van der Waals surface area contributed by atoms with Gasteiger partial charge in [0.1, 0.15) is 0 Å². The van der Waals surface area contributed by atoms with Crippen molar-refractivity contribution < 1.29 is 9.53 Å². The fraction of sp³-hybridized carbons (Fsp3) is 0.682. The molecule has 1 atom stereocenters. The zero-order valence-electron chi connectivity index (χ0n) is 16.2. The third-order valence-electron chi connectivity index (χ3n) is 6.96. The monoisotopic (exact) mass is 356 g/mol. The average Bonchev–Trinajstić information content (AvgIpc) is 3.44. The number of carbonyl (C=O) groups excluding carboxylic acids is 1. The molecule has 1 amide bonds. The van der Waals surface area contributed by atoms with Gasteiger partial charge in [-0.05, 0) is 70.0 Å². The van der Waals surface area contributed by atoms with E-state index in [-0.39, 0.29) is 11.4 Å². The largest absolute Gasteiger partial charge is 0.380 e. The molecule has 0 aromatic heterocycles. The van der Waals surface area contributed by atoms with E-state index in [1.54, 1.807) is 0 Å². The summed E-state index contributed by atoms with van der Waals surface area (Å²) in [4.78, 5) is 17.5. The lowest BCUT2D eigenvalue weighted by molar-refractivity contribution is 0.0172. The first-order valence-corrected chi connectivity index (χ1v) is 10.2. The van der Waals surface area contributed by atoms with Gasteiger partial charge in [-0.3, -0.25) is 9.69 Å². The first kappa shape index (κ1) is 18.0. The van der Waals surface area contributed by atoms with Crippen molar-refractivity contribution in [1.82, 2.24) is 9.80 Å². The summed E-state index contributed by atoms with van der Waals surface area (Å²) in [5, 5.41) is 0. The first-order valence-electron chi connectivity index (χ1n) is 10.2. The van der Waals surface area contributed by atoms with Crippen LogP contribution in [0.2, 0.25) is 0 Å². The van der Waals surface area contributed by atoms with Crippen molar-refractivity contribution in [3.63, 3.8) is 0 Å². The number of nitrogens with zero attached hydrogens (tertiary/aromatic N) is 2. The Kier molecular flexibility index (Phi) is 5.07. The molecule has 1 unspecified atom stereocenters. The molecule has 3 aliphatic rings. The first-order chi connectivity index (χ1) is 12.6. The summed E-state index contributed by atoms with van der Waals surface area (Å²) in [6, 6.07) is 8.48. The number of carbonyl (C=O) groups is 1. The Morgan fingerprint density at radius 1 is 1.12 bits per heavy atom. The lowest BCUT2D eigenvalue weighted by Gasteiger charge is -2.45. The van der Waals surface area contributed by atoms with Crippen molar-refractivity contribution in [2.24, 2.45) is 5.92 Å². The number of likely N-dealkylation sites (N-methyl/N-ethyl adjacent to an activating group) is 1. The lowest BCUT2D eigenvalue weighted by atomic mass is 9.85. The van der Waals surface area contributed by atoms with Gasteiger partial charge in [0.25, 0.3) is 5.91 Å². The van der Waals surface area contributed by atoms with Crippen LogP contribution in [-0.2, 0) is 4.74 Å². The van der Waals surface area contributed by atoms with Crippen molar-refractivity contribution in [2.75, 3.05) is 33.4 Å². The van der Waals surface area contributed by atoms with E-state index in [0.717, 1.165) is 56.2 Å². The number of piperidine rings is 1. The van der Waals surface area contributed by atoms with E-state index in [4.69, 9.17) is 4.74 Å². The Bertz CT molecular complexity index is 647. The topological polar surface area (TPSA) is 32.8 Å². The molecular weight excluding hydrogens is 324 g/mol. The standard InChI is InChI=1S/C22H32N2O2/c1-17-5-3-4-6-20(17)21(25)24-13-11-22(12-14-24)10-9-19(23(22)2)16-26-15-18-7-8-18/h3-6,18-19H,7-16H2,1-2H3. The van der Waals surface area contributed by atoms with Crippen LogP contribution in [-0.4, -0.2) is 60.6 Å². The minimum atomic E-state index is 0.197. The molecular formula is C22H32N2O2. The minimum absolute atomic E-state index is 0.197. The third-order valence-corrected chi connectivity index (χ3v) is 6.96. The van der Waals surface area contributed by atoms with Crippen LogP contribution in [0.25, 0.3) is 0 Å². The van der Waals surface area contributed by atoms with Crippen LogP contribution >= 0.6 is 0 Å². The predicted octanol–water partition coefficient (Wildman–Crippen LogP) is 3.49. The second kappa shape index (κ2) is 7.32. The molecule has 1 aromatic rings. The van der Waals surface area contributed by atoms with Gasteiger partial charge in [-0.2, -0.15) is 0 Å². The van der Waals surface area contributed by atoms with Crippen molar-refractivity contribution in [2.45, 2.75) is 57.0 Å². The Morgan fingerprint density at radius 2 is 1.85 bits per heavy atom. The molecule has 1 aliphatic carbocycles. The van der Waals surface area contributed by atoms with Gasteiger partial charge in [-0.15, -0.1) is 0 Å². The van der Waals surface area contributed by atoms with Gasteiger partial charge in [0.05, 0.1) is 6.61 Å². The maximum atomic E-state index is 12.9. The second-order valence-electron chi connectivity index (χ2n) is 8.62. The van der Waals surface area contributed by atoms with Crippen molar-refractivity contribution in [3.8, 4) is 0 Å². The Hall–Kier alpha value is -1.39. The van der Waals surface area contributed by atoms with Crippen LogP contribution in [0.5, 0.6) is 0 Å². The molecule has 4 heteroatoms. The average molecular weight is 357 g/mol. The number of benzene rings is 1. The van der Waals surface area contributed by atoms with Crippen LogP contribution < -0.4 is 0 Å². The van der Waals surface area contributed by atoms with E-state index < -0.39 is 0 Å². The molecule has 1 saturated carbocycles. The highest BCUT2D eigenvalue weighted by Crippen LogP contribution is 2.41. The minimum Gasteiger partial charge on any atom is -0.380 e. The third kappa shape index (κ3) is 3.54. The molecule has 2 heterocycles. The van der Waals surface area contributed by atoms with Crippen LogP contribution in [0.4, 0.5) is 0 Å². The highest BCUT2D eigenvalue weighted by molar-refractivity contribution is 5.95. The summed E-state index contributed by atoms with van der Waals surface area (Å²) >= 11 is 0. The number of amides is 1. The summed E-state index contributed by atoms with van der Waals surface area (Å²) in [5.74, 6) is 1.04. The van der Waals surface area contributed by atoms with Crippen molar-refractivity contribution in [3.05, 3.63) is 35.4 Å². The lowest BCUT2D eigenvalue weighted by Crippen LogP contribution is -2.54. The van der Waals surface area contributed by atoms with Crippen LogP contribution in [0.15, 0.2) is 24.3 Å². The van der Waals surface area contributed by atoms with E-state index >= 15 is 0 Å². The maximum Gasteiger partial charge on any atom is 0.254 e. The highest BCUT2D eigenvalue weighted by Gasteiger charge is 2.46. The fourth-order valence-corrected chi connectivity index (χ4v) is 4.75. The number of likely N-dealkylation sites (tertiary alicyclic amines) is 2. The van der Waals surface area contributed by atoms with Crippen molar-refractivity contribution >= 4 is 5.91 Å². The summed E-state index contributed by atoms with van der Waals surface area (Å²) < 4.78 is 5.97. The quantitative estimate of drug-likeness (QED) is 0.810. The van der Waals surface area contributed by atoms with E-state index in [0.29, 0.717) is 6.04 Å². The number of rotatable bonds is 5. The molecule has 0 radical (unpaired) electrons. The number of aryl methyl sites for hydroxylation is 1. The second-order valence-corrected chi connectivity index (χ2v) is 8.62. The molecule has 2 aliphatic heterocycles. The highest BCUT2D eigenvalue weighted by atomic mass is 16.5. The molecule has 4 rings (SSSR count). The Balaban J connectivity index is 1.32. The Morgan fingerprint density at radius 3 is 2.54 bits per heavy atom. The molecule has 1 spiro atoms. The van der Waals surface area contributed by atoms with Gasteiger partial charge < -0.3 is 9.64 Å². The van der Waals surface area contributed by atoms with Crippen LogP contribution in [0.1, 0.15) is 54.4 Å². The summed E-state index contributed by atoms with van der Waals surface area (Å²) in [6.45, 7) is 5.59. The van der Waals surface area contributed by atoms with E-state index in [1.807, 2.05) is 31.2 Å². The molecule has 2 saturated heterocycles. The van der Waals surface area contributed by atoms with E-state index in [2.05, 4.69) is 16.8 Å². The molecule has 0 bridgehead atoms. The summed E-state index contributed by atoms with van der Waals surface area (Å²) in [6.07, 6.45) is 7.35. The molecule has 3 fully saturated rings. The molecule has 0 N–H and O–H groups in total. The van der Waals surface area contributed by atoms with E-state index in [9.17, 15) is 4.79 Å². The predicted molar refractivity (Wildman–Crippen MR) is 103 cm³/mol. The fourth-order valence-electron chi connectivity index (χ4n) is 4.75. The molecule has 26 heavy (non-hydrogen) atoms. The van der Waals surface area contributed by atoms with Gasteiger partial charge in [0.15, 0.2) is 0 Å². The Labute approximate surface area is 157 Å². The zero-order valence-corrected chi connectivity index (χ0v) is 16.2. The SMILES string of the molecule is Cc1ccccc1C(=O)N1CCC2(CCC(COCC3CC3)N2C)CC1.